The van der Waals surface area contributed by atoms with E-state index in [1.165, 1.54) is 12.1 Å². The molecule has 8 heteroatoms. The summed E-state index contributed by atoms with van der Waals surface area (Å²) in [7, 11) is 3.13. The molecule has 3 aromatic rings. The van der Waals surface area contributed by atoms with Crippen molar-refractivity contribution in [3.05, 3.63) is 88.7 Å². The number of benzene rings is 3. The maximum Gasteiger partial charge on any atom is 0.318 e. The second-order valence-corrected chi connectivity index (χ2v) is 8.78. The van der Waals surface area contributed by atoms with Crippen molar-refractivity contribution in [2.45, 2.75) is 32.4 Å². The van der Waals surface area contributed by atoms with Crippen LogP contribution < -0.4 is 20.1 Å². The van der Waals surface area contributed by atoms with Crippen molar-refractivity contribution in [3.63, 3.8) is 0 Å². The summed E-state index contributed by atoms with van der Waals surface area (Å²) in [6, 6.07) is 15.6. The summed E-state index contributed by atoms with van der Waals surface area (Å²) >= 11 is 0. The molecule has 2 unspecified atom stereocenters. The minimum Gasteiger partial charge on any atom is -0.493 e. The van der Waals surface area contributed by atoms with Crippen LogP contribution in [0, 0.1) is 12.7 Å². The second kappa shape index (κ2) is 10.7. The number of carbonyl (C=O) groups excluding carboxylic acids is 2. The standard InChI is InChI=1S/C28H30FN3O4/c1-17-7-5-6-8-23(17)31-27(33)18(2)30-28(34)32-14-13-20-15-24(35-3)25(36-4)16-22(20)26(32)19-9-11-21(29)12-10-19/h5-12,15-16,18,26H,13-14H2,1-4H3,(H,30,34)(H,31,33). The van der Waals surface area contributed by atoms with Gasteiger partial charge in [0.25, 0.3) is 0 Å². The highest BCUT2D eigenvalue weighted by atomic mass is 19.1. The third-order valence-electron chi connectivity index (χ3n) is 6.46. The molecule has 0 saturated carbocycles. The zero-order chi connectivity index (χ0) is 25.8. The fourth-order valence-electron chi connectivity index (χ4n) is 4.46. The van der Waals surface area contributed by atoms with E-state index in [9.17, 15) is 14.0 Å². The summed E-state index contributed by atoms with van der Waals surface area (Å²) in [5.74, 6) is 0.462. The number of hydrogen-bond acceptors (Lipinski definition) is 4. The predicted octanol–water partition coefficient (Wildman–Crippen LogP) is 4.84. The molecular formula is C28H30FN3O4. The smallest absolute Gasteiger partial charge is 0.318 e. The van der Waals surface area contributed by atoms with Crippen LogP contribution in [0.4, 0.5) is 14.9 Å². The summed E-state index contributed by atoms with van der Waals surface area (Å²) in [4.78, 5) is 27.9. The molecule has 0 aliphatic carbocycles. The van der Waals surface area contributed by atoms with Gasteiger partial charge in [-0.25, -0.2) is 9.18 Å². The molecule has 1 aliphatic rings. The molecule has 0 fully saturated rings. The third-order valence-corrected chi connectivity index (χ3v) is 6.46. The number of ether oxygens (including phenoxy) is 2. The summed E-state index contributed by atoms with van der Waals surface area (Å²) in [6.45, 7) is 3.95. The fourth-order valence-corrected chi connectivity index (χ4v) is 4.46. The average molecular weight is 492 g/mol. The number of anilines is 1. The lowest BCUT2D eigenvalue weighted by Gasteiger charge is -2.38. The van der Waals surface area contributed by atoms with Gasteiger partial charge in [0, 0.05) is 12.2 Å². The van der Waals surface area contributed by atoms with E-state index in [1.807, 2.05) is 43.3 Å². The van der Waals surface area contributed by atoms with Crippen LogP contribution in [-0.4, -0.2) is 43.6 Å². The van der Waals surface area contributed by atoms with Crippen molar-refractivity contribution in [1.82, 2.24) is 10.2 Å². The molecule has 2 atom stereocenters. The van der Waals surface area contributed by atoms with Gasteiger partial charge in [-0.3, -0.25) is 4.79 Å². The molecule has 3 aromatic carbocycles. The number of fused-ring (bicyclic) bond motifs is 1. The van der Waals surface area contributed by atoms with Gasteiger partial charge in [0.1, 0.15) is 11.9 Å². The Morgan fingerprint density at radius 2 is 1.69 bits per heavy atom. The summed E-state index contributed by atoms with van der Waals surface area (Å²) in [6.07, 6.45) is 0.588. The van der Waals surface area contributed by atoms with Crippen molar-refractivity contribution in [2.75, 3.05) is 26.1 Å². The summed E-state index contributed by atoms with van der Waals surface area (Å²) in [5, 5.41) is 5.69. The fraction of sp³-hybridized carbons (Fsp3) is 0.286. The highest BCUT2D eigenvalue weighted by Gasteiger charge is 2.34. The van der Waals surface area contributed by atoms with Gasteiger partial charge in [0.2, 0.25) is 5.91 Å². The van der Waals surface area contributed by atoms with Gasteiger partial charge in [-0.1, -0.05) is 30.3 Å². The number of hydrogen-bond donors (Lipinski definition) is 2. The first-order chi connectivity index (χ1) is 17.3. The second-order valence-electron chi connectivity index (χ2n) is 8.78. The largest absolute Gasteiger partial charge is 0.493 e. The molecule has 3 amide bonds. The number of carbonyl (C=O) groups is 2. The van der Waals surface area contributed by atoms with Crippen molar-refractivity contribution in [3.8, 4) is 11.5 Å². The highest BCUT2D eigenvalue weighted by molar-refractivity contribution is 5.97. The van der Waals surface area contributed by atoms with Gasteiger partial charge < -0.3 is 25.0 Å². The van der Waals surface area contributed by atoms with Gasteiger partial charge in [-0.2, -0.15) is 0 Å². The van der Waals surface area contributed by atoms with E-state index in [4.69, 9.17) is 9.47 Å². The van der Waals surface area contributed by atoms with E-state index < -0.39 is 18.1 Å². The number of methoxy groups -OCH3 is 2. The van der Waals surface area contributed by atoms with Crippen molar-refractivity contribution in [2.24, 2.45) is 0 Å². The number of aryl methyl sites for hydroxylation is 1. The van der Waals surface area contributed by atoms with Gasteiger partial charge in [0.15, 0.2) is 11.5 Å². The van der Waals surface area contributed by atoms with Crippen molar-refractivity contribution < 1.29 is 23.5 Å². The van der Waals surface area contributed by atoms with Gasteiger partial charge in [-0.05, 0) is 72.9 Å². The Bertz CT molecular complexity index is 1260. The van der Waals surface area contributed by atoms with Crippen LogP contribution in [0.5, 0.6) is 11.5 Å². The maximum absolute atomic E-state index is 13.7. The number of nitrogens with one attached hydrogen (secondary N) is 2. The number of urea groups is 1. The molecule has 2 N–H and O–H groups in total. The van der Waals surface area contributed by atoms with E-state index in [0.29, 0.717) is 30.2 Å². The van der Waals surface area contributed by atoms with Crippen LogP contribution in [0.15, 0.2) is 60.7 Å². The molecule has 0 radical (unpaired) electrons. The minimum absolute atomic E-state index is 0.320. The first-order valence-electron chi connectivity index (χ1n) is 11.8. The topological polar surface area (TPSA) is 79.9 Å². The van der Waals surface area contributed by atoms with Crippen LogP contribution in [0.3, 0.4) is 0 Å². The Morgan fingerprint density at radius 3 is 2.36 bits per heavy atom. The number of nitrogens with zero attached hydrogens (tertiary/aromatic N) is 1. The Balaban J connectivity index is 1.62. The van der Waals surface area contributed by atoms with Crippen molar-refractivity contribution >= 4 is 17.6 Å². The third kappa shape index (κ3) is 5.12. The average Bonchev–Trinajstić information content (AvgIpc) is 2.88. The number of halogens is 1. The molecule has 0 spiro atoms. The molecule has 7 nitrogen and oxygen atoms in total. The van der Waals surface area contributed by atoms with E-state index in [-0.39, 0.29) is 11.7 Å². The Kier molecular flexibility index (Phi) is 7.43. The number of para-hydroxylation sites is 1. The monoisotopic (exact) mass is 491 g/mol. The molecule has 4 rings (SSSR count). The molecule has 1 heterocycles. The minimum atomic E-state index is -0.780. The molecular weight excluding hydrogens is 461 g/mol. The van der Waals surface area contributed by atoms with E-state index in [0.717, 1.165) is 22.3 Å². The van der Waals surface area contributed by atoms with Crippen LogP contribution in [0.1, 0.15) is 35.2 Å². The Morgan fingerprint density at radius 1 is 1.03 bits per heavy atom. The predicted molar refractivity (Wildman–Crippen MR) is 136 cm³/mol. The number of amides is 3. The lowest BCUT2D eigenvalue weighted by atomic mass is 9.88. The maximum atomic E-state index is 13.7. The highest BCUT2D eigenvalue weighted by Crippen LogP contribution is 2.41. The van der Waals surface area contributed by atoms with Gasteiger partial charge in [0.05, 0.1) is 20.3 Å². The van der Waals surface area contributed by atoms with Crippen LogP contribution >= 0.6 is 0 Å². The lowest BCUT2D eigenvalue weighted by molar-refractivity contribution is -0.117. The molecule has 0 saturated heterocycles. The zero-order valence-corrected chi connectivity index (χ0v) is 20.8. The first-order valence-corrected chi connectivity index (χ1v) is 11.8. The lowest BCUT2D eigenvalue weighted by Crippen LogP contribution is -2.51. The Labute approximate surface area is 210 Å². The van der Waals surface area contributed by atoms with E-state index in [2.05, 4.69) is 10.6 Å². The molecule has 36 heavy (non-hydrogen) atoms. The van der Waals surface area contributed by atoms with E-state index in [1.54, 1.807) is 38.2 Å². The van der Waals surface area contributed by atoms with Crippen LogP contribution in [-0.2, 0) is 11.2 Å². The van der Waals surface area contributed by atoms with E-state index >= 15 is 0 Å². The molecule has 0 bridgehead atoms. The quantitative estimate of drug-likeness (QED) is 0.517. The van der Waals surface area contributed by atoms with Crippen LogP contribution in [0.25, 0.3) is 0 Å². The van der Waals surface area contributed by atoms with Gasteiger partial charge in [-0.15, -0.1) is 0 Å². The van der Waals surface area contributed by atoms with Crippen molar-refractivity contribution in [1.29, 1.82) is 0 Å². The molecule has 0 aromatic heterocycles. The summed E-state index contributed by atoms with van der Waals surface area (Å²) in [5.41, 5.74) is 4.24. The zero-order valence-electron chi connectivity index (χ0n) is 20.8. The molecule has 1 aliphatic heterocycles. The first kappa shape index (κ1) is 25.0. The Hall–Kier alpha value is -4.07. The molecule has 188 valence electrons. The summed E-state index contributed by atoms with van der Waals surface area (Å²) < 4.78 is 24.7. The SMILES string of the molecule is COc1cc2c(cc1OC)C(c1ccc(F)cc1)N(C(=O)NC(C)C(=O)Nc1ccccc1C)CC2. The number of rotatable bonds is 6. The van der Waals surface area contributed by atoms with Gasteiger partial charge >= 0.3 is 6.03 Å². The van der Waals surface area contributed by atoms with Crippen LogP contribution in [0.2, 0.25) is 0 Å². The normalized spacial score (nSPS) is 15.5.